The van der Waals surface area contributed by atoms with E-state index in [9.17, 15) is 4.79 Å². The lowest BCUT2D eigenvalue weighted by atomic mass is 10.1. The topological polar surface area (TPSA) is 68.7 Å². The zero-order valence-electron chi connectivity index (χ0n) is 14.9. The van der Waals surface area contributed by atoms with Crippen molar-refractivity contribution >= 4 is 11.6 Å². The van der Waals surface area contributed by atoms with Gasteiger partial charge in [0.2, 0.25) is 5.91 Å². The Morgan fingerprint density at radius 3 is 2.79 bits per heavy atom. The van der Waals surface area contributed by atoms with E-state index >= 15 is 0 Å². The van der Waals surface area contributed by atoms with E-state index in [2.05, 4.69) is 34.3 Å². The summed E-state index contributed by atoms with van der Waals surface area (Å²) in [4.78, 5) is 20.2. The number of carbonyl (C=O) groups is 1. The van der Waals surface area contributed by atoms with E-state index < -0.39 is 0 Å². The molecule has 0 spiro atoms. The van der Waals surface area contributed by atoms with Crippen molar-refractivity contribution in [2.24, 2.45) is 0 Å². The Kier molecular flexibility index (Phi) is 7.46. The van der Waals surface area contributed by atoms with E-state index in [1.54, 1.807) is 4.90 Å². The van der Waals surface area contributed by atoms with Crippen molar-refractivity contribution in [3.8, 4) is 0 Å². The summed E-state index contributed by atoms with van der Waals surface area (Å²) in [6.45, 7) is 5.30. The van der Waals surface area contributed by atoms with Crippen LogP contribution in [-0.2, 0) is 11.2 Å². The number of aryl methyl sites for hydroxylation is 1. The summed E-state index contributed by atoms with van der Waals surface area (Å²) in [5.74, 6) is 0.156. The Labute approximate surface area is 144 Å². The zero-order valence-corrected chi connectivity index (χ0v) is 14.9. The quantitative estimate of drug-likeness (QED) is 0.706. The second-order valence-corrected chi connectivity index (χ2v) is 6.40. The van der Waals surface area contributed by atoms with Crippen LogP contribution in [0.3, 0.4) is 0 Å². The van der Waals surface area contributed by atoms with Gasteiger partial charge >= 0.3 is 0 Å². The number of hydrogen-bond acceptors (Lipinski definition) is 5. The number of rotatable bonds is 9. The molecular formula is C18H30N4O2. The molecule has 0 aliphatic carbocycles. The van der Waals surface area contributed by atoms with E-state index in [-0.39, 0.29) is 12.5 Å². The average molecular weight is 334 g/mol. The third-order valence-electron chi connectivity index (χ3n) is 4.59. The number of amides is 1. The zero-order chi connectivity index (χ0) is 17.4. The summed E-state index contributed by atoms with van der Waals surface area (Å²) in [5, 5.41) is 12.5. The largest absolute Gasteiger partial charge is 0.396 e. The van der Waals surface area contributed by atoms with Crippen molar-refractivity contribution in [2.75, 3.05) is 44.7 Å². The second-order valence-electron chi connectivity index (χ2n) is 6.40. The number of anilines is 1. The Bertz CT molecular complexity index is 500. The summed E-state index contributed by atoms with van der Waals surface area (Å²) in [7, 11) is 1.85. The molecule has 0 unspecified atom stereocenters. The predicted octanol–water partition coefficient (Wildman–Crippen LogP) is 1.04. The molecule has 0 bridgehead atoms. The van der Waals surface area contributed by atoms with E-state index in [4.69, 9.17) is 5.11 Å². The molecule has 0 radical (unpaired) electrons. The van der Waals surface area contributed by atoms with E-state index in [1.165, 1.54) is 0 Å². The van der Waals surface area contributed by atoms with Gasteiger partial charge in [-0.15, -0.1) is 0 Å². The highest BCUT2D eigenvalue weighted by Crippen LogP contribution is 2.16. The first-order valence-electron chi connectivity index (χ1n) is 8.92. The number of carbonyl (C=O) groups excluding carboxylic acids is 1. The number of likely N-dealkylation sites (N-methyl/N-ethyl adjacent to an activating group) is 1. The van der Waals surface area contributed by atoms with E-state index in [1.807, 2.05) is 13.2 Å². The molecule has 2 heterocycles. The number of hydrogen-bond donors (Lipinski definition) is 2. The molecular weight excluding hydrogens is 304 g/mol. The van der Waals surface area contributed by atoms with Crippen LogP contribution in [-0.4, -0.2) is 66.8 Å². The maximum atomic E-state index is 11.8. The number of nitrogens with one attached hydrogen (secondary N) is 1. The fourth-order valence-electron chi connectivity index (χ4n) is 3.05. The van der Waals surface area contributed by atoms with Crippen LogP contribution in [0.5, 0.6) is 0 Å². The number of pyridine rings is 1. The fourth-order valence-corrected chi connectivity index (χ4v) is 3.05. The van der Waals surface area contributed by atoms with Gasteiger partial charge in [-0.2, -0.15) is 0 Å². The van der Waals surface area contributed by atoms with Gasteiger partial charge in [0.25, 0.3) is 0 Å². The van der Waals surface area contributed by atoms with Crippen molar-refractivity contribution in [1.29, 1.82) is 0 Å². The summed E-state index contributed by atoms with van der Waals surface area (Å²) >= 11 is 0. The summed E-state index contributed by atoms with van der Waals surface area (Å²) in [6.07, 6.45) is 5.72. The lowest BCUT2D eigenvalue weighted by Crippen LogP contribution is -2.48. The minimum Gasteiger partial charge on any atom is -0.396 e. The van der Waals surface area contributed by atoms with Crippen LogP contribution in [0.2, 0.25) is 0 Å². The van der Waals surface area contributed by atoms with Gasteiger partial charge in [-0.05, 0) is 44.4 Å². The molecule has 1 fully saturated rings. The maximum absolute atomic E-state index is 11.8. The number of aromatic nitrogens is 1. The highest BCUT2D eigenvalue weighted by atomic mass is 16.3. The first kappa shape index (κ1) is 18.7. The smallest absolute Gasteiger partial charge is 0.241 e. The summed E-state index contributed by atoms with van der Waals surface area (Å²) in [5.41, 5.74) is 2.10. The van der Waals surface area contributed by atoms with Crippen molar-refractivity contribution in [1.82, 2.24) is 15.2 Å². The van der Waals surface area contributed by atoms with Gasteiger partial charge in [-0.25, -0.2) is 0 Å². The third kappa shape index (κ3) is 5.46. The van der Waals surface area contributed by atoms with Gasteiger partial charge in [0.15, 0.2) is 0 Å². The van der Waals surface area contributed by atoms with Crippen LogP contribution >= 0.6 is 0 Å². The van der Waals surface area contributed by atoms with Gasteiger partial charge in [0.05, 0.1) is 18.4 Å². The van der Waals surface area contributed by atoms with Gasteiger partial charge in [0.1, 0.15) is 0 Å². The highest BCUT2D eigenvalue weighted by Gasteiger charge is 2.21. The Morgan fingerprint density at radius 1 is 1.33 bits per heavy atom. The van der Waals surface area contributed by atoms with Crippen molar-refractivity contribution in [2.45, 2.75) is 38.6 Å². The Hall–Kier alpha value is -1.66. The predicted molar refractivity (Wildman–Crippen MR) is 96.2 cm³/mol. The Morgan fingerprint density at radius 2 is 2.17 bits per heavy atom. The molecule has 1 aromatic heterocycles. The molecule has 0 saturated carbocycles. The molecule has 2 rings (SSSR count). The van der Waals surface area contributed by atoms with Crippen molar-refractivity contribution in [3.05, 3.63) is 24.0 Å². The molecule has 1 aliphatic heterocycles. The SMILES string of the molecule is CCN[C@H](CCO)CCCc1ccc(N2CCN(C)C(=O)C2)cn1. The Balaban J connectivity index is 1.80. The molecule has 2 N–H and O–H groups in total. The number of aliphatic hydroxyl groups is 1. The molecule has 1 saturated heterocycles. The molecule has 134 valence electrons. The van der Waals surface area contributed by atoms with E-state index in [0.717, 1.165) is 56.7 Å². The number of nitrogens with zero attached hydrogens (tertiary/aromatic N) is 3. The fraction of sp³-hybridized carbons (Fsp3) is 0.667. The van der Waals surface area contributed by atoms with Gasteiger partial charge < -0.3 is 20.2 Å². The molecule has 6 nitrogen and oxygen atoms in total. The summed E-state index contributed by atoms with van der Waals surface area (Å²) < 4.78 is 0. The minimum atomic E-state index is 0.156. The second kappa shape index (κ2) is 9.59. The number of aliphatic hydroxyl groups excluding tert-OH is 1. The van der Waals surface area contributed by atoms with Gasteiger partial charge in [-0.3, -0.25) is 9.78 Å². The molecule has 1 atom stereocenters. The first-order chi connectivity index (χ1) is 11.6. The van der Waals surface area contributed by atoms with Gasteiger partial charge in [0, 0.05) is 38.5 Å². The van der Waals surface area contributed by atoms with Crippen molar-refractivity contribution in [3.63, 3.8) is 0 Å². The standard InChI is InChI=1S/C18H30N4O2/c1-3-19-16(9-12-23)6-4-5-15-7-8-17(13-20-15)22-11-10-21(2)18(24)14-22/h7-8,13,16,19,23H,3-6,9-12,14H2,1-2H3/t16-/m0/s1. The van der Waals surface area contributed by atoms with Gasteiger partial charge in [-0.1, -0.05) is 6.92 Å². The summed E-state index contributed by atoms with van der Waals surface area (Å²) in [6, 6.07) is 4.51. The van der Waals surface area contributed by atoms with Crippen LogP contribution < -0.4 is 10.2 Å². The maximum Gasteiger partial charge on any atom is 0.241 e. The highest BCUT2D eigenvalue weighted by molar-refractivity contribution is 5.82. The van der Waals surface area contributed by atoms with Crippen LogP contribution in [0.25, 0.3) is 0 Å². The molecule has 24 heavy (non-hydrogen) atoms. The average Bonchev–Trinajstić information content (AvgIpc) is 2.58. The normalized spacial score (nSPS) is 16.5. The van der Waals surface area contributed by atoms with Crippen LogP contribution in [0, 0.1) is 0 Å². The van der Waals surface area contributed by atoms with Crippen LogP contribution in [0.4, 0.5) is 5.69 Å². The van der Waals surface area contributed by atoms with Crippen LogP contribution in [0.15, 0.2) is 18.3 Å². The lowest BCUT2D eigenvalue weighted by molar-refractivity contribution is -0.129. The molecule has 1 aromatic rings. The number of piperazine rings is 1. The third-order valence-corrected chi connectivity index (χ3v) is 4.59. The minimum absolute atomic E-state index is 0.156. The molecule has 6 heteroatoms. The van der Waals surface area contributed by atoms with E-state index in [0.29, 0.717) is 12.6 Å². The molecule has 1 amide bonds. The lowest BCUT2D eigenvalue weighted by Gasteiger charge is -2.33. The van der Waals surface area contributed by atoms with Crippen molar-refractivity contribution < 1.29 is 9.90 Å². The molecule has 0 aromatic carbocycles. The van der Waals surface area contributed by atoms with Crippen LogP contribution in [0.1, 0.15) is 31.9 Å². The monoisotopic (exact) mass is 334 g/mol. The first-order valence-corrected chi connectivity index (χ1v) is 8.92. The molecule has 1 aliphatic rings.